The van der Waals surface area contributed by atoms with E-state index in [0.29, 0.717) is 35.9 Å². The van der Waals surface area contributed by atoms with Crippen LogP contribution in [0.25, 0.3) is 11.0 Å². The summed E-state index contributed by atoms with van der Waals surface area (Å²) in [6.45, 7) is 2.36. The van der Waals surface area contributed by atoms with E-state index in [4.69, 9.17) is 9.47 Å². The van der Waals surface area contributed by atoms with Gasteiger partial charge < -0.3 is 19.4 Å². The maximum absolute atomic E-state index is 13.1. The van der Waals surface area contributed by atoms with E-state index in [1.54, 1.807) is 18.0 Å². The molecule has 1 unspecified atom stereocenters. The highest BCUT2D eigenvalue weighted by Gasteiger charge is 2.20. The normalized spacial score (nSPS) is 17.7. The fraction of sp³-hybridized carbons (Fsp3) is 0.500. The monoisotopic (exact) mass is 321 g/mol. The summed E-state index contributed by atoms with van der Waals surface area (Å²) in [5.74, 6) is 0.597. The number of ether oxygens (including phenoxy) is 2. The molecule has 23 heavy (non-hydrogen) atoms. The molecule has 2 aromatic rings. The average molecular weight is 321 g/mol. The zero-order valence-electron chi connectivity index (χ0n) is 13.0. The molecule has 1 atom stereocenters. The van der Waals surface area contributed by atoms with Gasteiger partial charge in [-0.15, -0.1) is 0 Å². The van der Waals surface area contributed by atoms with Gasteiger partial charge in [0.25, 0.3) is 0 Å². The van der Waals surface area contributed by atoms with Crippen LogP contribution in [0.1, 0.15) is 12.2 Å². The molecular weight excluding hydrogens is 301 g/mol. The second-order valence-corrected chi connectivity index (χ2v) is 5.84. The van der Waals surface area contributed by atoms with E-state index in [-0.39, 0.29) is 24.9 Å². The number of halogens is 1. The van der Waals surface area contributed by atoms with Crippen LogP contribution in [-0.4, -0.2) is 54.2 Å². The van der Waals surface area contributed by atoms with Gasteiger partial charge in [0.05, 0.1) is 17.6 Å². The van der Waals surface area contributed by atoms with Gasteiger partial charge in [0, 0.05) is 26.1 Å². The minimum Gasteiger partial charge on any atom is -0.381 e. The molecule has 124 valence electrons. The first-order chi connectivity index (χ1) is 11.1. The first kappa shape index (κ1) is 15.9. The fourth-order valence-electron chi connectivity index (χ4n) is 2.66. The molecule has 0 saturated carbocycles. The summed E-state index contributed by atoms with van der Waals surface area (Å²) in [4.78, 5) is 21.0. The molecule has 0 bridgehead atoms. The van der Waals surface area contributed by atoms with Crippen LogP contribution in [-0.2, 0) is 20.9 Å². The van der Waals surface area contributed by atoms with Crippen LogP contribution in [0.3, 0.4) is 0 Å². The lowest BCUT2D eigenvalue weighted by Gasteiger charge is -2.20. The number of H-pyrrole nitrogens is 1. The van der Waals surface area contributed by atoms with Gasteiger partial charge in [0.1, 0.15) is 24.9 Å². The summed E-state index contributed by atoms with van der Waals surface area (Å²) in [6.07, 6.45) is 0.994. The number of rotatable bonds is 6. The summed E-state index contributed by atoms with van der Waals surface area (Å²) in [7, 11) is 1.77. The van der Waals surface area contributed by atoms with E-state index in [1.165, 1.54) is 12.1 Å². The van der Waals surface area contributed by atoms with E-state index in [0.717, 1.165) is 13.0 Å². The maximum atomic E-state index is 13.1. The number of carbonyl (C=O) groups is 1. The lowest BCUT2D eigenvalue weighted by molar-refractivity contribution is -0.135. The third-order valence-corrected chi connectivity index (χ3v) is 3.94. The highest BCUT2D eigenvalue weighted by molar-refractivity contribution is 5.77. The average Bonchev–Trinajstić information content (AvgIpc) is 3.15. The molecule has 6 nitrogen and oxygen atoms in total. The highest BCUT2D eigenvalue weighted by atomic mass is 19.1. The molecule has 1 aliphatic heterocycles. The number of hydrogen-bond acceptors (Lipinski definition) is 4. The van der Waals surface area contributed by atoms with Crippen molar-refractivity contribution in [3.05, 3.63) is 29.8 Å². The molecule has 1 aromatic heterocycles. The molecule has 0 aliphatic carbocycles. The molecular formula is C16H20FN3O3. The van der Waals surface area contributed by atoms with Crippen LogP contribution in [0.4, 0.5) is 4.39 Å². The van der Waals surface area contributed by atoms with Crippen LogP contribution in [0, 0.1) is 11.7 Å². The van der Waals surface area contributed by atoms with E-state index in [9.17, 15) is 9.18 Å². The van der Waals surface area contributed by atoms with Crippen molar-refractivity contribution in [3.63, 3.8) is 0 Å². The molecule has 1 saturated heterocycles. The number of carbonyl (C=O) groups excluding carboxylic acids is 1. The molecule has 1 aliphatic rings. The molecule has 1 fully saturated rings. The molecule has 1 N–H and O–H groups in total. The van der Waals surface area contributed by atoms with Gasteiger partial charge in [-0.2, -0.15) is 0 Å². The minimum atomic E-state index is -0.318. The summed E-state index contributed by atoms with van der Waals surface area (Å²) in [5.41, 5.74) is 1.29. The molecule has 1 amide bonds. The standard InChI is InChI=1S/C16H20FN3O3/c1-20(7-11-4-5-22-8-11)16(21)10-23-9-15-18-13-3-2-12(17)6-14(13)19-15/h2-3,6,11H,4-5,7-10H2,1H3,(H,18,19). The van der Waals surface area contributed by atoms with Crippen LogP contribution in [0.15, 0.2) is 18.2 Å². The van der Waals surface area contributed by atoms with E-state index >= 15 is 0 Å². The number of likely N-dealkylation sites (N-methyl/N-ethyl adjacent to an activating group) is 1. The van der Waals surface area contributed by atoms with Crippen molar-refractivity contribution >= 4 is 16.9 Å². The smallest absolute Gasteiger partial charge is 0.248 e. The van der Waals surface area contributed by atoms with Crippen molar-refractivity contribution in [2.75, 3.05) is 33.4 Å². The Kier molecular flexibility index (Phi) is 4.88. The van der Waals surface area contributed by atoms with Crippen molar-refractivity contribution in [3.8, 4) is 0 Å². The molecule has 7 heteroatoms. The zero-order valence-corrected chi connectivity index (χ0v) is 13.0. The number of nitrogens with one attached hydrogen (secondary N) is 1. The van der Waals surface area contributed by atoms with Crippen molar-refractivity contribution in [1.82, 2.24) is 14.9 Å². The number of amides is 1. The predicted molar refractivity (Wildman–Crippen MR) is 82.3 cm³/mol. The number of imidazole rings is 1. The van der Waals surface area contributed by atoms with Gasteiger partial charge in [-0.25, -0.2) is 9.37 Å². The zero-order chi connectivity index (χ0) is 16.2. The Balaban J connectivity index is 1.46. The third kappa shape index (κ3) is 4.05. The SMILES string of the molecule is CN(CC1CCOC1)C(=O)COCc1nc2ccc(F)cc2[nH]1. The predicted octanol–water partition coefficient (Wildman–Crippen LogP) is 1.71. The Morgan fingerprint density at radius 1 is 1.57 bits per heavy atom. The summed E-state index contributed by atoms with van der Waals surface area (Å²) < 4.78 is 23.8. The molecule has 2 heterocycles. The lowest BCUT2D eigenvalue weighted by atomic mass is 10.1. The van der Waals surface area contributed by atoms with Crippen molar-refractivity contribution in [2.45, 2.75) is 13.0 Å². The van der Waals surface area contributed by atoms with Crippen molar-refractivity contribution in [2.24, 2.45) is 5.92 Å². The van der Waals surface area contributed by atoms with Gasteiger partial charge in [-0.05, 0) is 24.6 Å². The van der Waals surface area contributed by atoms with Gasteiger partial charge in [0.2, 0.25) is 5.91 Å². The third-order valence-electron chi connectivity index (χ3n) is 3.94. The van der Waals surface area contributed by atoms with Crippen LogP contribution in [0.2, 0.25) is 0 Å². The number of fused-ring (bicyclic) bond motifs is 1. The molecule has 0 radical (unpaired) electrons. The van der Waals surface area contributed by atoms with E-state index in [1.807, 2.05) is 0 Å². The van der Waals surface area contributed by atoms with Gasteiger partial charge in [0.15, 0.2) is 0 Å². The first-order valence-electron chi connectivity index (χ1n) is 7.65. The summed E-state index contributed by atoms with van der Waals surface area (Å²) in [6, 6.07) is 4.35. The summed E-state index contributed by atoms with van der Waals surface area (Å²) >= 11 is 0. The van der Waals surface area contributed by atoms with Crippen molar-refractivity contribution in [1.29, 1.82) is 0 Å². The Hall–Kier alpha value is -1.99. The highest BCUT2D eigenvalue weighted by Crippen LogP contribution is 2.14. The molecule has 0 spiro atoms. The Labute approximate surface area is 133 Å². The second-order valence-electron chi connectivity index (χ2n) is 5.84. The topological polar surface area (TPSA) is 67.4 Å². The maximum Gasteiger partial charge on any atom is 0.248 e. The number of aromatic nitrogens is 2. The van der Waals surface area contributed by atoms with Gasteiger partial charge in [-0.1, -0.05) is 0 Å². The van der Waals surface area contributed by atoms with E-state index in [2.05, 4.69) is 9.97 Å². The van der Waals surface area contributed by atoms with Gasteiger partial charge >= 0.3 is 0 Å². The number of hydrogen-bond donors (Lipinski definition) is 1. The van der Waals surface area contributed by atoms with Gasteiger partial charge in [-0.3, -0.25) is 4.79 Å². The molecule has 3 rings (SSSR count). The van der Waals surface area contributed by atoms with Crippen LogP contribution >= 0.6 is 0 Å². The Morgan fingerprint density at radius 3 is 3.22 bits per heavy atom. The fourth-order valence-corrected chi connectivity index (χ4v) is 2.66. The second kappa shape index (κ2) is 7.06. The number of benzene rings is 1. The van der Waals surface area contributed by atoms with Crippen molar-refractivity contribution < 1.29 is 18.7 Å². The summed E-state index contributed by atoms with van der Waals surface area (Å²) in [5, 5.41) is 0. The van der Waals surface area contributed by atoms with Crippen LogP contribution in [0.5, 0.6) is 0 Å². The Bertz CT molecular complexity index is 682. The van der Waals surface area contributed by atoms with E-state index < -0.39 is 0 Å². The number of nitrogens with zero attached hydrogens (tertiary/aromatic N) is 2. The lowest BCUT2D eigenvalue weighted by Crippen LogP contribution is -2.34. The van der Waals surface area contributed by atoms with Crippen LogP contribution < -0.4 is 0 Å². The molecule has 1 aromatic carbocycles. The number of aromatic amines is 1. The quantitative estimate of drug-likeness (QED) is 0.879. The Morgan fingerprint density at radius 2 is 2.43 bits per heavy atom. The first-order valence-corrected chi connectivity index (χ1v) is 7.65. The minimum absolute atomic E-state index is 0.00448. The largest absolute Gasteiger partial charge is 0.381 e.